The number of hydrogen-bond donors (Lipinski definition) is 0. The first-order chi connectivity index (χ1) is 10.5. The Hall–Kier alpha value is -2.95. The van der Waals surface area contributed by atoms with Crippen LogP contribution < -0.4 is 5.63 Å². The SMILES string of the molecule is Cc1cc(C=CC(=O)c2cc3ccccc3oc2=O)n(C)n1. The second kappa shape index (κ2) is 5.44. The van der Waals surface area contributed by atoms with Gasteiger partial charge in [0.05, 0.1) is 11.4 Å². The van der Waals surface area contributed by atoms with E-state index < -0.39 is 11.4 Å². The summed E-state index contributed by atoms with van der Waals surface area (Å²) in [6, 6.07) is 10.5. The van der Waals surface area contributed by atoms with E-state index >= 15 is 0 Å². The molecule has 0 unspecified atom stereocenters. The van der Waals surface area contributed by atoms with Gasteiger partial charge in [0.1, 0.15) is 11.1 Å². The van der Waals surface area contributed by atoms with Gasteiger partial charge in [-0.05, 0) is 37.3 Å². The molecule has 0 atom stereocenters. The number of rotatable bonds is 3. The molecule has 0 radical (unpaired) electrons. The summed E-state index contributed by atoms with van der Waals surface area (Å²) in [5.74, 6) is -0.390. The molecule has 0 saturated heterocycles. The minimum Gasteiger partial charge on any atom is -0.422 e. The molecule has 0 aliphatic carbocycles. The van der Waals surface area contributed by atoms with Crippen LogP contribution >= 0.6 is 0 Å². The highest BCUT2D eigenvalue weighted by Crippen LogP contribution is 2.13. The standard InChI is InChI=1S/C17H14N2O3/c1-11-9-13(19(2)18-11)7-8-15(20)14-10-12-5-3-4-6-16(12)22-17(14)21/h3-10H,1-2H3. The molecule has 0 fully saturated rings. The zero-order valence-electron chi connectivity index (χ0n) is 12.2. The van der Waals surface area contributed by atoms with Gasteiger partial charge in [-0.2, -0.15) is 5.10 Å². The summed E-state index contributed by atoms with van der Waals surface area (Å²) in [6.07, 6.45) is 2.99. The molecule has 0 amide bonds. The number of allylic oxidation sites excluding steroid dienone is 1. The Kier molecular flexibility index (Phi) is 3.47. The first kappa shape index (κ1) is 14.0. The molecule has 0 spiro atoms. The average Bonchev–Trinajstić information content (AvgIpc) is 2.82. The number of ketones is 1. The van der Waals surface area contributed by atoms with Gasteiger partial charge in [-0.15, -0.1) is 0 Å². The summed E-state index contributed by atoms with van der Waals surface area (Å²) >= 11 is 0. The molecule has 3 aromatic rings. The van der Waals surface area contributed by atoms with E-state index in [4.69, 9.17) is 4.42 Å². The second-order valence-corrected chi connectivity index (χ2v) is 5.02. The van der Waals surface area contributed by atoms with Crippen molar-refractivity contribution in [1.29, 1.82) is 0 Å². The number of aryl methyl sites for hydroxylation is 2. The average molecular weight is 294 g/mol. The molecule has 5 heteroatoms. The highest BCUT2D eigenvalue weighted by atomic mass is 16.4. The van der Waals surface area contributed by atoms with Crippen molar-refractivity contribution in [1.82, 2.24) is 9.78 Å². The fourth-order valence-electron chi connectivity index (χ4n) is 2.27. The van der Waals surface area contributed by atoms with Gasteiger partial charge >= 0.3 is 5.63 Å². The van der Waals surface area contributed by atoms with Crippen LogP contribution in [0.1, 0.15) is 21.7 Å². The molecule has 22 heavy (non-hydrogen) atoms. The first-order valence-electron chi connectivity index (χ1n) is 6.80. The molecular weight excluding hydrogens is 280 g/mol. The molecule has 2 aromatic heterocycles. The van der Waals surface area contributed by atoms with Crippen molar-refractivity contribution >= 4 is 22.8 Å². The summed E-state index contributed by atoms with van der Waals surface area (Å²) in [5.41, 5.74) is 1.51. The second-order valence-electron chi connectivity index (χ2n) is 5.02. The minimum absolute atomic E-state index is 0.0221. The van der Waals surface area contributed by atoms with Crippen LogP contribution in [0.3, 0.4) is 0 Å². The summed E-state index contributed by atoms with van der Waals surface area (Å²) in [5, 5.41) is 4.91. The number of nitrogens with zero attached hydrogens (tertiary/aromatic N) is 2. The largest absolute Gasteiger partial charge is 0.422 e. The number of carbonyl (C=O) groups excluding carboxylic acids is 1. The molecule has 5 nitrogen and oxygen atoms in total. The third kappa shape index (κ3) is 2.61. The van der Waals surface area contributed by atoms with Crippen molar-refractivity contribution < 1.29 is 9.21 Å². The van der Waals surface area contributed by atoms with Gasteiger partial charge in [-0.3, -0.25) is 9.48 Å². The van der Waals surface area contributed by atoms with Crippen LogP contribution in [0.15, 0.2) is 51.7 Å². The van der Waals surface area contributed by atoms with Crippen molar-refractivity contribution in [3.8, 4) is 0 Å². The van der Waals surface area contributed by atoms with Crippen molar-refractivity contribution in [2.75, 3.05) is 0 Å². The van der Waals surface area contributed by atoms with Crippen LogP contribution in [0.25, 0.3) is 17.0 Å². The van der Waals surface area contributed by atoms with E-state index in [-0.39, 0.29) is 5.56 Å². The quantitative estimate of drug-likeness (QED) is 0.423. The number of hydrogen-bond acceptors (Lipinski definition) is 4. The molecule has 0 saturated carbocycles. The fourth-order valence-corrected chi connectivity index (χ4v) is 2.27. The monoisotopic (exact) mass is 294 g/mol. The van der Waals surface area contributed by atoms with E-state index in [0.29, 0.717) is 5.58 Å². The Labute approximate surface area is 126 Å². The third-order valence-electron chi connectivity index (χ3n) is 3.35. The molecule has 0 bridgehead atoms. The highest BCUT2D eigenvalue weighted by Gasteiger charge is 2.11. The van der Waals surface area contributed by atoms with E-state index in [0.717, 1.165) is 16.8 Å². The Morgan fingerprint density at radius 2 is 2.05 bits per heavy atom. The molecule has 1 aromatic carbocycles. The molecule has 2 heterocycles. The van der Waals surface area contributed by atoms with Gasteiger partial charge in [0.25, 0.3) is 0 Å². The van der Waals surface area contributed by atoms with Crippen LogP contribution in [0.5, 0.6) is 0 Å². The first-order valence-corrected chi connectivity index (χ1v) is 6.80. The maximum absolute atomic E-state index is 12.2. The van der Waals surface area contributed by atoms with E-state index in [2.05, 4.69) is 5.10 Å². The van der Waals surface area contributed by atoms with Crippen LogP contribution in [-0.2, 0) is 7.05 Å². The molecular formula is C17H14N2O3. The van der Waals surface area contributed by atoms with Crippen LogP contribution in [0, 0.1) is 6.92 Å². The molecule has 110 valence electrons. The Balaban J connectivity index is 1.97. The van der Waals surface area contributed by atoms with Crippen molar-refractivity contribution in [3.63, 3.8) is 0 Å². The van der Waals surface area contributed by atoms with Crippen molar-refractivity contribution in [3.05, 3.63) is 69.8 Å². The minimum atomic E-state index is -0.630. The number of fused-ring (bicyclic) bond motifs is 1. The highest BCUT2D eigenvalue weighted by molar-refractivity contribution is 6.07. The maximum atomic E-state index is 12.2. The fraction of sp³-hybridized carbons (Fsp3) is 0.118. The zero-order chi connectivity index (χ0) is 15.7. The Morgan fingerprint density at radius 3 is 2.77 bits per heavy atom. The number of benzene rings is 1. The Bertz CT molecular complexity index is 948. The lowest BCUT2D eigenvalue weighted by Crippen LogP contribution is -2.12. The van der Waals surface area contributed by atoms with Crippen molar-refractivity contribution in [2.45, 2.75) is 6.92 Å². The van der Waals surface area contributed by atoms with Gasteiger partial charge in [0, 0.05) is 12.4 Å². The summed E-state index contributed by atoms with van der Waals surface area (Å²) in [6.45, 7) is 1.87. The lowest BCUT2D eigenvalue weighted by Gasteiger charge is -1.99. The van der Waals surface area contributed by atoms with E-state index in [9.17, 15) is 9.59 Å². The van der Waals surface area contributed by atoms with Gasteiger partial charge in [0.2, 0.25) is 0 Å². The maximum Gasteiger partial charge on any atom is 0.347 e. The van der Waals surface area contributed by atoms with E-state index in [1.807, 2.05) is 19.1 Å². The normalized spacial score (nSPS) is 11.4. The Morgan fingerprint density at radius 1 is 1.27 bits per heavy atom. The van der Waals surface area contributed by atoms with Gasteiger partial charge in [-0.1, -0.05) is 18.2 Å². The molecule has 0 N–H and O–H groups in total. The van der Waals surface area contributed by atoms with Crippen LogP contribution in [0.2, 0.25) is 0 Å². The van der Waals surface area contributed by atoms with E-state index in [1.165, 1.54) is 6.08 Å². The predicted octanol–water partition coefficient (Wildman–Crippen LogP) is 2.73. The van der Waals surface area contributed by atoms with E-state index in [1.54, 1.807) is 42.1 Å². The summed E-state index contributed by atoms with van der Waals surface area (Å²) in [4.78, 5) is 24.1. The molecule has 3 rings (SSSR count). The lowest BCUT2D eigenvalue weighted by atomic mass is 10.1. The molecule has 0 aliphatic heterocycles. The van der Waals surface area contributed by atoms with Gasteiger partial charge in [-0.25, -0.2) is 4.79 Å². The number of carbonyl (C=O) groups is 1. The predicted molar refractivity (Wildman–Crippen MR) is 83.8 cm³/mol. The van der Waals surface area contributed by atoms with Crippen LogP contribution in [0.4, 0.5) is 0 Å². The third-order valence-corrected chi connectivity index (χ3v) is 3.35. The number of para-hydroxylation sites is 1. The summed E-state index contributed by atoms with van der Waals surface area (Å²) < 4.78 is 6.83. The van der Waals surface area contributed by atoms with Crippen LogP contribution in [-0.4, -0.2) is 15.6 Å². The topological polar surface area (TPSA) is 65.1 Å². The van der Waals surface area contributed by atoms with Gasteiger partial charge < -0.3 is 4.42 Å². The number of aromatic nitrogens is 2. The van der Waals surface area contributed by atoms with Gasteiger partial charge in [0.15, 0.2) is 5.78 Å². The zero-order valence-corrected chi connectivity index (χ0v) is 12.2. The smallest absolute Gasteiger partial charge is 0.347 e. The van der Waals surface area contributed by atoms with Crippen molar-refractivity contribution in [2.24, 2.45) is 7.05 Å². The summed E-state index contributed by atoms with van der Waals surface area (Å²) in [7, 11) is 1.79. The molecule has 0 aliphatic rings. The lowest BCUT2D eigenvalue weighted by molar-refractivity contribution is 0.104.